The third-order valence-corrected chi connectivity index (χ3v) is 10.7. The van der Waals surface area contributed by atoms with Crippen molar-refractivity contribution in [2.24, 2.45) is 34.5 Å². The average Bonchev–Trinajstić information content (AvgIpc) is 3.27. The van der Waals surface area contributed by atoms with Gasteiger partial charge >= 0.3 is 0 Å². The zero-order valence-corrected chi connectivity index (χ0v) is 19.5. The lowest BCUT2D eigenvalue weighted by molar-refractivity contribution is -0.217. The fraction of sp³-hybridized carbons (Fsp3) is 0.815. The molecule has 0 amide bonds. The normalized spacial score (nSPS) is 52.8. The molecule has 6 aliphatic rings. The van der Waals surface area contributed by atoms with Gasteiger partial charge in [0.2, 0.25) is 0 Å². The van der Waals surface area contributed by atoms with E-state index in [-0.39, 0.29) is 41.5 Å². The Labute approximate surface area is 191 Å². The molecular weight excluding hydrogens is 404 g/mol. The van der Waals surface area contributed by atoms with Crippen molar-refractivity contribution in [3.05, 3.63) is 23.8 Å². The highest BCUT2D eigenvalue weighted by Crippen LogP contribution is 2.69. The van der Waals surface area contributed by atoms with Crippen molar-refractivity contribution < 1.29 is 24.5 Å². The number of hydrogen-bond acceptors (Lipinski definition) is 5. The molecule has 5 fully saturated rings. The molecule has 32 heavy (non-hydrogen) atoms. The van der Waals surface area contributed by atoms with Gasteiger partial charge in [-0.25, -0.2) is 0 Å². The second-order valence-electron chi connectivity index (χ2n) is 12.0. The fourth-order valence-electron chi connectivity index (χ4n) is 9.09. The molecule has 2 N–H and O–H groups in total. The predicted octanol–water partition coefficient (Wildman–Crippen LogP) is 3.93. The van der Waals surface area contributed by atoms with Crippen molar-refractivity contribution in [2.45, 2.75) is 95.7 Å². The van der Waals surface area contributed by atoms with Crippen LogP contribution >= 0.6 is 0 Å². The summed E-state index contributed by atoms with van der Waals surface area (Å²) in [5, 5.41) is 22.4. The van der Waals surface area contributed by atoms with Crippen LogP contribution in [0.15, 0.2) is 23.8 Å². The number of rotatable bonds is 2. The van der Waals surface area contributed by atoms with E-state index in [9.17, 15) is 15.0 Å². The van der Waals surface area contributed by atoms with E-state index in [1.54, 1.807) is 12.2 Å². The molecule has 5 nitrogen and oxygen atoms in total. The van der Waals surface area contributed by atoms with Crippen molar-refractivity contribution in [2.75, 3.05) is 6.61 Å². The molecule has 5 aliphatic carbocycles. The van der Waals surface area contributed by atoms with Crippen LogP contribution in [-0.4, -0.2) is 46.7 Å². The zero-order chi connectivity index (χ0) is 22.3. The first-order chi connectivity index (χ1) is 15.3. The SMILES string of the molecule is CC12C=CC(=O)C=C1CCC1C2C(O)CC2(C)C1CC1OC(C3CCCCC3)OC12CO. The summed E-state index contributed by atoms with van der Waals surface area (Å²) in [4.78, 5) is 12.0. The second-order valence-corrected chi connectivity index (χ2v) is 12.0. The summed E-state index contributed by atoms with van der Waals surface area (Å²) in [7, 11) is 0. The Morgan fingerprint density at radius 3 is 2.69 bits per heavy atom. The lowest BCUT2D eigenvalue weighted by atomic mass is 9.46. The maximum absolute atomic E-state index is 12.0. The van der Waals surface area contributed by atoms with Crippen LogP contribution in [0.5, 0.6) is 0 Å². The second kappa shape index (κ2) is 7.24. The summed E-state index contributed by atoms with van der Waals surface area (Å²) in [6.07, 6.45) is 14.2. The number of aliphatic hydroxyl groups excluding tert-OH is 2. The summed E-state index contributed by atoms with van der Waals surface area (Å²) in [6, 6.07) is 0. The summed E-state index contributed by atoms with van der Waals surface area (Å²) in [5.41, 5.74) is -0.133. The van der Waals surface area contributed by atoms with Gasteiger partial charge in [-0.2, -0.15) is 0 Å². The van der Waals surface area contributed by atoms with Crippen LogP contribution in [0, 0.1) is 34.5 Å². The van der Waals surface area contributed by atoms with Crippen molar-refractivity contribution in [1.82, 2.24) is 0 Å². The Morgan fingerprint density at radius 1 is 1.16 bits per heavy atom. The van der Waals surface area contributed by atoms with Gasteiger partial charge in [-0.1, -0.05) is 44.8 Å². The molecule has 6 rings (SSSR count). The topological polar surface area (TPSA) is 76.0 Å². The number of carbonyl (C=O) groups excluding carboxylic acids is 1. The Bertz CT molecular complexity index is 858. The van der Waals surface area contributed by atoms with Gasteiger partial charge in [-0.15, -0.1) is 0 Å². The molecule has 0 aromatic heterocycles. The number of ether oxygens (including phenoxy) is 2. The maximum Gasteiger partial charge on any atom is 0.178 e. The first kappa shape index (κ1) is 21.5. The van der Waals surface area contributed by atoms with Gasteiger partial charge in [0.05, 0.1) is 18.8 Å². The molecule has 0 radical (unpaired) electrons. The third-order valence-electron chi connectivity index (χ3n) is 10.7. The summed E-state index contributed by atoms with van der Waals surface area (Å²) in [6.45, 7) is 4.40. The lowest BCUT2D eigenvalue weighted by Crippen LogP contribution is -2.61. The van der Waals surface area contributed by atoms with Gasteiger partial charge in [0.1, 0.15) is 5.60 Å². The molecule has 5 heteroatoms. The predicted molar refractivity (Wildman–Crippen MR) is 120 cm³/mol. The highest BCUT2D eigenvalue weighted by atomic mass is 16.7. The molecule has 1 aliphatic heterocycles. The molecule has 0 aromatic rings. The van der Waals surface area contributed by atoms with E-state index in [4.69, 9.17) is 9.47 Å². The van der Waals surface area contributed by atoms with E-state index in [0.717, 1.165) is 32.1 Å². The third kappa shape index (κ3) is 2.68. The van der Waals surface area contributed by atoms with Crippen molar-refractivity contribution in [3.63, 3.8) is 0 Å². The molecule has 9 atom stereocenters. The molecule has 4 saturated carbocycles. The Morgan fingerprint density at radius 2 is 1.94 bits per heavy atom. The minimum atomic E-state index is -0.721. The first-order valence-corrected chi connectivity index (χ1v) is 12.9. The molecule has 176 valence electrons. The van der Waals surface area contributed by atoms with Gasteiger partial charge < -0.3 is 19.7 Å². The Balaban J connectivity index is 1.33. The molecule has 1 heterocycles. The average molecular weight is 443 g/mol. The monoisotopic (exact) mass is 442 g/mol. The number of carbonyl (C=O) groups is 1. The van der Waals surface area contributed by atoms with Gasteiger partial charge in [-0.3, -0.25) is 4.79 Å². The van der Waals surface area contributed by atoms with E-state index in [1.165, 1.54) is 24.8 Å². The Hall–Kier alpha value is -1.01. The number of ketones is 1. The quantitative estimate of drug-likeness (QED) is 0.678. The van der Waals surface area contributed by atoms with Crippen LogP contribution in [0.4, 0.5) is 0 Å². The number of allylic oxidation sites excluding steroid dienone is 4. The van der Waals surface area contributed by atoms with E-state index in [1.807, 2.05) is 0 Å². The van der Waals surface area contributed by atoms with Crippen LogP contribution in [0.25, 0.3) is 0 Å². The number of fused-ring (bicyclic) bond motifs is 7. The smallest absolute Gasteiger partial charge is 0.178 e. The van der Waals surface area contributed by atoms with E-state index in [2.05, 4.69) is 19.9 Å². The van der Waals surface area contributed by atoms with Gasteiger partial charge in [0.25, 0.3) is 0 Å². The molecule has 0 bridgehead atoms. The minimum absolute atomic E-state index is 0.0468. The van der Waals surface area contributed by atoms with Crippen LogP contribution in [0.3, 0.4) is 0 Å². The van der Waals surface area contributed by atoms with Crippen molar-refractivity contribution >= 4 is 5.78 Å². The lowest BCUT2D eigenvalue weighted by Gasteiger charge is -2.60. The summed E-state index contributed by atoms with van der Waals surface area (Å²) >= 11 is 0. The summed E-state index contributed by atoms with van der Waals surface area (Å²) in [5.74, 6) is 1.25. The Kier molecular flexibility index (Phi) is 4.87. The minimum Gasteiger partial charge on any atom is -0.393 e. The van der Waals surface area contributed by atoms with Crippen LogP contribution < -0.4 is 0 Å². The molecule has 0 spiro atoms. The summed E-state index contributed by atoms with van der Waals surface area (Å²) < 4.78 is 13.4. The maximum atomic E-state index is 12.0. The number of aliphatic hydroxyl groups is 2. The molecule has 0 aromatic carbocycles. The van der Waals surface area contributed by atoms with Crippen molar-refractivity contribution in [1.29, 1.82) is 0 Å². The van der Waals surface area contributed by atoms with E-state index in [0.29, 0.717) is 24.2 Å². The van der Waals surface area contributed by atoms with Gasteiger partial charge in [-0.05, 0) is 62.5 Å². The van der Waals surface area contributed by atoms with Gasteiger partial charge in [0, 0.05) is 22.7 Å². The first-order valence-electron chi connectivity index (χ1n) is 12.9. The van der Waals surface area contributed by atoms with Crippen LogP contribution in [-0.2, 0) is 14.3 Å². The molecule has 1 saturated heterocycles. The van der Waals surface area contributed by atoms with E-state index < -0.39 is 11.7 Å². The fourth-order valence-corrected chi connectivity index (χ4v) is 9.09. The van der Waals surface area contributed by atoms with Crippen LogP contribution in [0.1, 0.15) is 71.6 Å². The standard InChI is InChI=1S/C27H38O5/c1-25-11-10-18(29)12-17(25)8-9-19-20-13-22-27(15-28,26(20,2)14-21(30)23(19)25)32-24(31-22)16-6-4-3-5-7-16/h10-12,16,19-24,28,30H,3-9,13-15H2,1-2H3. The highest BCUT2D eigenvalue weighted by Gasteiger charge is 2.73. The highest BCUT2D eigenvalue weighted by molar-refractivity contribution is 6.01. The van der Waals surface area contributed by atoms with E-state index >= 15 is 0 Å². The zero-order valence-electron chi connectivity index (χ0n) is 19.5. The van der Waals surface area contributed by atoms with Crippen molar-refractivity contribution in [3.8, 4) is 0 Å². The molecule has 9 unspecified atom stereocenters. The van der Waals surface area contributed by atoms with Gasteiger partial charge in [0.15, 0.2) is 12.1 Å². The number of hydrogen-bond donors (Lipinski definition) is 2. The van der Waals surface area contributed by atoms with Crippen LogP contribution in [0.2, 0.25) is 0 Å². The molecular formula is C27H38O5. The largest absolute Gasteiger partial charge is 0.393 e.